The van der Waals surface area contributed by atoms with Crippen LogP contribution in [0.5, 0.6) is 0 Å². The van der Waals surface area contributed by atoms with Crippen LogP contribution in [-0.4, -0.2) is 0 Å². The van der Waals surface area contributed by atoms with Crippen LogP contribution < -0.4 is 5.73 Å². The zero-order chi connectivity index (χ0) is 14.0. The quantitative estimate of drug-likeness (QED) is 0.862. The molecule has 0 saturated carbocycles. The molecular weight excluding hydrogens is 336 g/mol. The molecule has 2 rings (SSSR count). The summed E-state index contributed by atoms with van der Waals surface area (Å²) in [6.45, 7) is 0. The molecule has 0 aliphatic rings. The Kier molecular flexibility index (Phi) is 4.55. The Morgan fingerprint density at radius 1 is 1.21 bits per heavy atom. The molecule has 0 saturated heterocycles. The second-order valence-corrected chi connectivity index (χ2v) is 5.44. The first-order valence-corrected chi connectivity index (χ1v) is 6.79. The molecule has 1 atom stereocenters. The van der Waals surface area contributed by atoms with Crippen molar-refractivity contribution in [2.24, 2.45) is 5.73 Å². The molecule has 0 aliphatic carbocycles. The minimum Gasteiger partial charge on any atom is -0.324 e. The van der Waals surface area contributed by atoms with Crippen molar-refractivity contribution in [2.45, 2.75) is 12.5 Å². The number of benzene rings is 2. The van der Waals surface area contributed by atoms with E-state index in [1.54, 1.807) is 18.2 Å². The van der Waals surface area contributed by atoms with E-state index in [0.717, 1.165) is 0 Å². The second kappa shape index (κ2) is 5.99. The van der Waals surface area contributed by atoms with Crippen LogP contribution in [0.4, 0.5) is 8.78 Å². The van der Waals surface area contributed by atoms with Gasteiger partial charge in [0.15, 0.2) is 0 Å². The van der Waals surface area contributed by atoms with E-state index in [2.05, 4.69) is 15.9 Å². The Morgan fingerprint density at radius 2 is 1.95 bits per heavy atom. The normalized spacial score (nSPS) is 12.5. The maximum atomic E-state index is 13.7. The summed E-state index contributed by atoms with van der Waals surface area (Å²) in [4.78, 5) is 0. The second-order valence-electron chi connectivity index (χ2n) is 4.18. The summed E-state index contributed by atoms with van der Waals surface area (Å²) in [7, 11) is 0. The molecule has 0 amide bonds. The summed E-state index contributed by atoms with van der Waals surface area (Å²) in [5.74, 6) is -0.743. The lowest BCUT2D eigenvalue weighted by Crippen LogP contribution is -2.15. The van der Waals surface area contributed by atoms with Crippen LogP contribution in [0, 0.1) is 11.6 Å². The number of rotatable bonds is 3. The summed E-state index contributed by atoms with van der Waals surface area (Å²) in [5, 5.41) is 0.341. The van der Waals surface area contributed by atoms with Crippen LogP contribution in [-0.2, 0) is 6.42 Å². The average Bonchev–Trinajstić information content (AvgIpc) is 2.33. The Bertz CT molecular complexity index is 584. The maximum absolute atomic E-state index is 13.7. The molecule has 2 aromatic carbocycles. The van der Waals surface area contributed by atoms with Gasteiger partial charge in [0, 0.05) is 21.1 Å². The van der Waals surface area contributed by atoms with Crippen LogP contribution in [0.1, 0.15) is 17.2 Å². The van der Waals surface area contributed by atoms with Gasteiger partial charge in [-0.25, -0.2) is 8.78 Å². The molecule has 2 aromatic rings. The third kappa shape index (κ3) is 3.32. The Hall–Kier alpha value is -0.970. The van der Waals surface area contributed by atoms with Crippen LogP contribution >= 0.6 is 27.5 Å². The largest absolute Gasteiger partial charge is 0.324 e. The lowest BCUT2D eigenvalue weighted by molar-refractivity contribution is 0.591. The first kappa shape index (κ1) is 14.4. The van der Waals surface area contributed by atoms with Gasteiger partial charge in [-0.3, -0.25) is 0 Å². The highest BCUT2D eigenvalue weighted by Crippen LogP contribution is 2.28. The van der Waals surface area contributed by atoms with Gasteiger partial charge in [0.25, 0.3) is 0 Å². The van der Waals surface area contributed by atoms with Gasteiger partial charge in [-0.2, -0.15) is 0 Å². The van der Waals surface area contributed by atoms with Gasteiger partial charge in [-0.15, -0.1) is 0 Å². The zero-order valence-electron chi connectivity index (χ0n) is 9.84. The Labute approximate surface area is 123 Å². The van der Waals surface area contributed by atoms with E-state index in [4.69, 9.17) is 17.3 Å². The van der Waals surface area contributed by atoms with E-state index in [9.17, 15) is 8.78 Å². The molecule has 1 nitrogen and oxygen atoms in total. The van der Waals surface area contributed by atoms with Crippen LogP contribution in [0.25, 0.3) is 0 Å². The zero-order valence-corrected chi connectivity index (χ0v) is 12.2. The monoisotopic (exact) mass is 345 g/mol. The van der Waals surface area contributed by atoms with Crippen molar-refractivity contribution in [2.75, 3.05) is 0 Å². The molecule has 0 spiro atoms. The molecule has 1 unspecified atom stereocenters. The van der Waals surface area contributed by atoms with Crippen LogP contribution in [0.2, 0.25) is 5.02 Å². The SMILES string of the molecule is NC(Cc1c(F)cccc1Cl)c1ccc(F)cc1Br. The molecule has 0 heterocycles. The van der Waals surface area contributed by atoms with E-state index < -0.39 is 6.04 Å². The van der Waals surface area contributed by atoms with E-state index in [1.807, 2.05) is 0 Å². The summed E-state index contributed by atoms with van der Waals surface area (Å²) < 4.78 is 27.3. The maximum Gasteiger partial charge on any atom is 0.127 e. The number of hydrogen-bond donors (Lipinski definition) is 1. The van der Waals surface area contributed by atoms with Gasteiger partial charge in [-0.05, 0) is 36.2 Å². The van der Waals surface area contributed by atoms with Crippen molar-refractivity contribution >= 4 is 27.5 Å². The average molecular weight is 347 g/mol. The molecule has 0 bridgehead atoms. The molecule has 0 radical (unpaired) electrons. The molecule has 0 aliphatic heterocycles. The predicted octanol–water partition coefficient (Wildman–Crippen LogP) is 4.62. The molecule has 0 fully saturated rings. The Morgan fingerprint density at radius 3 is 2.58 bits per heavy atom. The van der Waals surface area contributed by atoms with E-state index in [-0.39, 0.29) is 18.1 Å². The standard InChI is InChI=1S/C14H11BrClF2N/c15-11-6-8(17)4-5-9(11)14(19)7-10-12(16)2-1-3-13(10)18/h1-6,14H,7,19H2. The Balaban J connectivity index is 2.28. The molecule has 0 aromatic heterocycles. The highest BCUT2D eigenvalue weighted by atomic mass is 79.9. The lowest BCUT2D eigenvalue weighted by atomic mass is 9.99. The van der Waals surface area contributed by atoms with Gasteiger partial charge >= 0.3 is 0 Å². The number of halogens is 4. The van der Waals surface area contributed by atoms with Crippen molar-refractivity contribution in [3.63, 3.8) is 0 Å². The van der Waals surface area contributed by atoms with Crippen molar-refractivity contribution in [1.82, 2.24) is 0 Å². The number of nitrogens with two attached hydrogens (primary N) is 1. The fourth-order valence-electron chi connectivity index (χ4n) is 1.86. The minimum absolute atomic E-state index is 0.246. The van der Waals surface area contributed by atoms with Gasteiger partial charge < -0.3 is 5.73 Å². The van der Waals surface area contributed by atoms with E-state index in [1.165, 1.54) is 18.2 Å². The van der Waals surface area contributed by atoms with Gasteiger partial charge in [0.2, 0.25) is 0 Å². The van der Waals surface area contributed by atoms with Gasteiger partial charge in [0.1, 0.15) is 11.6 Å². The minimum atomic E-state index is -0.468. The molecule has 19 heavy (non-hydrogen) atoms. The highest BCUT2D eigenvalue weighted by molar-refractivity contribution is 9.10. The summed E-state index contributed by atoms with van der Waals surface area (Å²) in [6.07, 6.45) is 0.246. The van der Waals surface area contributed by atoms with E-state index >= 15 is 0 Å². The lowest BCUT2D eigenvalue weighted by Gasteiger charge is -2.15. The van der Waals surface area contributed by atoms with Crippen molar-refractivity contribution in [3.8, 4) is 0 Å². The first-order chi connectivity index (χ1) is 8.99. The summed E-state index contributed by atoms with van der Waals surface area (Å²) >= 11 is 9.21. The van der Waals surface area contributed by atoms with Gasteiger partial charge in [-0.1, -0.05) is 39.7 Å². The number of hydrogen-bond acceptors (Lipinski definition) is 1. The highest BCUT2D eigenvalue weighted by Gasteiger charge is 2.15. The molecular formula is C14H11BrClF2N. The smallest absolute Gasteiger partial charge is 0.127 e. The third-order valence-corrected chi connectivity index (χ3v) is 3.89. The van der Waals surface area contributed by atoms with Crippen molar-refractivity contribution in [1.29, 1.82) is 0 Å². The van der Waals surface area contributed by atoms with E-state index in [0.29, 0.717) is 20.6 Å². The van der Waals surface area contributed by atoms with Crippen molar-refractivity contribution in [3.05, 3.63) is 68.7 Å². The van der Waals surface area contributed by atoms with Crippen molar-refractivity contribution < 1.29 is 8.78 Å². The third-order valence-electron chi connectivity index (χ3n) is 2.85. The van der Waals surface area contributed by atoms with Crippen LogP contribution in [0.3, 0.4) is 0 Å². The summed E-state index contributed by atoms with van der Waals surface area (Å²) in [5.41, 5.74) is 7.12. The van der Waals surface area contributed by atoms with Crippen LogP contribution in [0.15, 0.2) is 40.9 Å². The van der Waals surface area contributed by atoms with Gasteiger partial charge in [0.05, 0.1) is 0 Å². The summed E-state index contributed by atoms with van der Waals surface area (Å²) in [6, 6.07) is 8.27. The fraction of sp³-hybridized carbons (Fsp3) is 0.143. The fourth-order valence-corrected chi connectivity index (χ4v) is 2.74. The molecule has 2 N–H and O–H groups in total. The molecule has 100 valence electrons. The predicted molar refractivity (Wildman–Crippen MR) is 76.1 cm³/mol. The topological polar surface area (TPSA) is 26.0 Å². The first-order valence-electron chi connectivity index (χ1n) is 5.62. The molecule has 5 heteroatoms.